The van der Waals surface area contributed by atoms with Crippen molar-refractivity contribution in [3.63, 3.8) is 0 Å². The first kappa shape index (κ1) is 11.9. The Bertz CT molecular complexity index is 414. The number of halogens is 1. The first-order valence-corrected chi connectivity index (χ1v) is 5.99. The molecule has 2 amide bonds. The third-order valence-corrected chi connectivity index (χ3v) is 3.01. The van der Waals surface area contributed by atoms with Crippen molar-refractivity contribution in [1.82, 2.24) is 4.90 Å². The first-order chi connectivity index (χ1) is 8.16. The van der Waals surface area contributed by atoms with E-state index in [1.165, 1.54) is 12.5 Å². The molecule has 0 bridgehead atoms. The molecule has 1 aliphatic rings. The number of aryl methyl sites for hydroxylation is 1. The van der Waals surface area contributed by atoms with Crippen LogP contribution in [0, 0.1) is 12.7 Å². The maximum Gasteiger partial charge on any atom is 0.321 e. The van der Waals surface area contributed by atoms with E-state index in [9.17, 15) is 9.18 Å². The minimum absolute atomic E-state index is 0.201. The van der Waals surface area contributed by atoms with Crippen LogP contribution in [0.4, 0.5) is 14.9 Å². The van der Waals surface area contributed by atoms with Crippen molar-refractivity contribution in [3.8, 4) is 0 Å². The molecule has 1 heterocycles. The molecule has 0 atom stereocenters. The predicted octanol–water partition coefficient (Wildman–Crippen LogP) is 3.15. The summed E-state index contributed by atoms with van der Waals surface area (Å²) in [5, 5.41) is 2.62. The molecule has 3 nitrogen and oxygen atoms in total. The maximum atomic E-state index is 13.5. The van der Waals surface area contributed by atoms with Crippen LogP contribution < -0.4 is 5.32 Å². The number of carbonyl (C=O) groups excluding carboxylic acids is 1. The maximum absolute atomic E-state index is 13.5. The topological polar surface area (TPSA) is 32.3 Å². The van der Waals surface area contributed by atoms with Gasteiger partial charge in [0.2, 0.25) is 0 Å². The lowest BCUT2D eigenvalue weighted by Crippen LogP contribution is -2.38. The normalized spacial score (nSPS) is 15.8. The molecule has 0 aromatic heterocycles. The molecule has 0 unspecified atom stereocenters. The molecule has 1 N–H and O–H groups in total. The summed E-state index contributed by atoms with van der Waals surface area (Å²) < 4.78 is 13.5. The van der Waals surface area contributed by atoms with E-state index >= 15 is 0 Å². The van der Waals surface area contributed by atoms with E-state index in [0.717, 1.165) is 31.5 Å². The summed E-state index contributed by atoms with van der Waals surface area (Å²) in [4.78, 5) is 13.6. The van der Waals surface area contributed by atoms with Crippen molar-refractivity contribution in [1.29, 1.82) is 0 Å². The quantitative estimate of drug-likeness (QED) is 0.798. The summed E-state index contributed by atoms with van der Waals surface area (Å²) in [6, 6.07) is 4.61. The van der Waals surface area contributed by atoms with Gasteiger partial charge in [-0.3, -0.25) is 0 Å². The number of urea groups is 1. The first-order valence-electron chi connectivity index (χ1n) is 5.99. The summed E-state index contributed by atoms with van der Waals surface area (Å²) in [5.41, 5.74) is 1.10. The van der Waals surface area contributed by atoms with Crippen LogP contribution in [0.3, 0.4) is 0 Å². The molecule has 17 heavy (non-hydrogen) atoms. The number of rotatable bonds is 1. The van der Waals surface area contributed by atoms with Gasteiger partial charge in [0.1, 0.15) is 5.82 Å². The van der Waals surface area contributed by atoms with Gasteiger partial charge in [0.05, 0.1) is 5.69 Å². The largest absolute Gasteiger partial charge is 0.325 e. The predicted molar refractivity (Wildman–Crippen MR) is 65.6 cm³/mol. The molecule has 0 aliphatic carbocycles. The van der Waals surface area contributed by atoms with E-state index in [1.807, 2.05) is 6.92 Å². The van der Waals surface area contributed by atoms with Gasteiger partial charge >= 0.3 is 6.03 Å². The fourth-order valence-corrected chi connectivity index (χ4v) is 2.01. The highest BCUT2D eigenvalue weighted by Gasteiger charge is 2.17. The van der Waals surface area contributed by atoms with Gasteiger partial charge in [0.15, 0.2) is 0 Å². The zero-order chi connectivity index (χ0) is 12.3. The Morgan fingerprint density at radius 2 is 2.00 bits per heavy atom. The molecule has 1 aliphatic heterocycles. The number of carbonyl (C=O) groups is 1. The lowest BCUT2D eigenvalue weighted by Gasteiger charge is -2.26. The molecular weight excluding hydrogens is 219 g/mol. The molecule has 0 saturated carbocycles. The summed E-state index contributed by atoms with van der Waals surface area (Å²) in [5.74, 6) is -0.379. The smallest absolute Gasteiger partial charge is 0.321 e. The standard InChI is InChI=1S/C13H17FN2O/c1-10-5-6-12(11(14)9-10)15-13(17)16-7-3-2-4-8-16/h5-6,9H,2-4,7-8H2,1H3,(H,15,17). The molecule has 1 aromatic rings. The number of anilines is 1. The van der Waals surface area contributed by atoms with Crippen LogP contribution in [0.15, 0.2) is 18.2 Å². The highest BCUT2D eigenvalue weighted by atomic mass is 19.1. The van der Waals surface area contributed by atoms with Crippen molar-refractivity contribution in [2.45, 2.75) is 26.2 Å². The van der Waals surface area contributed by atoms with Crippen molar-refractivity contribution < 1.29 is 9.18 Å². The number of nitrogens with zero attached hydrogens (tertiary/aromatic N) is 1. The van der Waals surface area contributed by atoms with E-state index in [2.05, 4.69) is 5.32 Å². The summed E-state index contributed by atoms with van der Waals surface area (Å²) >= 11 is 0. The number of hydrogen-bond donors (Lipinski definition) is 1. The number of nitrogens with one attached hydrogen (secondary N) is 1. The van der Waals surface area contributed by atoms with Gasteiger partial charge in [-0.25, -0.2) is 9.18 Å². The summed E-state index contributed by atoms with van der Waals surface area (Å²) in [6.07, 6.45) is 3.23. The Kier molecular flexibility index (Phi) is 3.61. The molecule has 92 valence electrons. The SMILES string of the molecule is Cc1ccc(NC(=O)N2CCCCC2)c(F)c1. The number of piperidine rings is 1. The molecule has 0 radical (unpaired) electrons. The average Bonchev–Trinajstić information content (AvgIpc) is 2.34. The number of amides is 2. The van der Waals surface area contributed by atoms with Gasteiger partial charge in [0.25, 0.3) is 0 Å². The van der Waals surface area contributed by atoms with Gasteiger partial charge in [-0.2, -0.15) is 0 Å². The van der Waals surface area contributed by atoms with Crippen molar-refractivity contribution in [2.24, 2.45) is 0 Å². The van der Waals surface area contributed by atoms with Crippen LogP contribution in [-0.4, -0.2) is 24.0 Å². The Morgan fingerprint density at radius 3 is 2.65 bits per heavy atom. The molecular formula is C13H17FN2O. The van der Waals surface area contributed by atoms with Crippen LogP contribution in [0.5, 0.6) is 0 Å². The van der Waals surface area contributed by atoms with E-state index in [1.54, 1.807) is 17.0 Å². The lowest BCUT2D eigenvalue weighted by atomic mass is 10.1. The Hall–Kier alpha value is -1.58. The minimum Gasteiger partial charge on any atom is -0.325 e. The Balaban J connectivity index is 2.02. The van der Waals surface area contributed by atoms with Crippen LogP contribution in [0.1, 0.15) is 24.8 Å². The van der Waals surface area contributed by atoms with Crippen LogP contribution in [0.25, 0.3) is 0 Å². The fraction of sp³-hybridized carbons (Fsp3) is 0.462. The van der Waals surface area contributed by atoms with Crippen LogP contribution in [-0.2, 0) is 0 Å². The molecule has 2 rings (SSSR count). The molecule has 0 spiro atoms. The second kappa shape index (κ2) is 5.17. The van der Waals surface area contributed by atoms with E-state index in [-0.39, 0.29) is 17.5 Å². The fourth-order valence-electron chi connectivity index (χ4n) is 2.01. The van der Waals surface area contributed by atoms with E-state index < -0.39 is 0 Å². The summed E-state index contributed by atoms with van der Waals surface area (Å²) in [7, 11) is 0. The Labute approximate surface area is 101 Å². The molecule has 1 fully saturated rings. The van der Waals surface area contributed by atoms with Crippen LogP contribution in [0.2, 0.25) is 0 Å². The highest BCUT2D eigenvalue weighted by Crippen LogP contribution is 2.17. The second-order valence-corrected chi connectivity index (χ2v) is 4.46. The highest BCUT2D eigenvalue weighted by molar-refractivity contribution is 5.89. The van der Waals surface area contributed by atoms with Gasteiger partial charge in [-0.05, 0) is 43.9 Å². The number of hydrogen-bond acceptors (Lipinski definition) is 1. The van der Waals surface area contributed by atoms with Gasteiger partial charge in [-0.15, -0.1) is 0 Å². The van der Waals surface area contributed by atoms with Crippen molar-refractivity contribution in [2.75, 3.05) is 18.4 Å². The molecule has 4 heteroatoms. The van der Waals surface area contributed by atoms with Crippen molar-refractivity contribution >= 4 is 11.7 Å². The molecule has 1 saturated heterocycles. The van der Waals surface area contributed by atoms with Gasteiger partial charge < -0.3 is 10.2 Å². The van der Waals surface area contributed by atoms with Gasteiger partial charge in [-0.1, -0.05) is 6.07 Å². The number of likely N-dealkylation sites (tertiary alicyclic amines) is 1. The third kappa shape index (κ3) is 2.96. The average molecular weight is 236 g/mol. The Morgan fingerprint density at radius 1 is 1.29 bits per heavy atom. The monoisotopic (exact) mass is 236 g/mol. The zero-order valence-electron chi connectivity index (χ0n) is 10.0. The lowest BCUT2D eigenvalue weighted by molar-refractivity contribution is 0.200. The van der Waals surface area contributed by atoms with Crippen molar-refractivity contribution in [3.05, 3.63) is 29.6 Å². The third-order valence-electron chi connectivity index (χ3n) is 3.01. The summed E-state index contributed by atoms with van der Waals surface area (Å²) in [6.45, 7) is 3.35. The van der Waals surface area contributed by atoms with E-state index in [4.69, 9.17) is 0 Å². The van der Waals surface area contributed by atoms with Gasteiger partial charge in [0, 0.05) is 13.1 Å². The number of benzene rings is 1. The molecule has 1 aromatic carbocycles. The second-order valence-electron chi connectivity index (χ2n) is 4.46. The van der Waals surface area contributed by atoms with Crippen LogP contribution >= 0.6 is 0 Å². The minimum atomic E-state index is -0.379. The van der Waals surface area contributed by atoms with E-state index in [0.29, 0.717) is 0 Å². The zero-order valence-corrected chi connectivity index (χ0v) is 10.0.